The highest BCUT2D eigenvalue weighted by molar-refractivity contribution is 5.80. The van der Waals surface area contributed by atoms with Gasteiger partial charge in [-0.2, -0.15) is 0 Å². The Hall–Kier alpha value is -1.26. The van der Waals surface area contributed by atoms with Crippen molar-refractivity contribution in [2.75, 3.05) is 13.1 Å². The molecule has 0 aromatic carbocycles. The van der Waals surface area contributed by atoms with Crippen molar-refractivity contribution in [3.63, 3.8) is 0 Å². The fourth-order valence-corrected chi connectivity index (χ4v) is 1.61. The number of hydrogen-bond acceptors (Lipinski definition) is 2. The van der Waals surface area contributed by atoms with Gasteiger partial charge >= 0.3 is 12.0 Å². The van der Waals surface area contributed by atoms with E-state index in [0.717, 1.165) is 6.42 Å². The maximum absolute atomic E-state index is 12.0. The fourth-order valence-electron chi connectivity index (χ4n) is 1.61. The summed E-state index contributed by atoms with van der Waals surface area (Å²) >= 11 is 0. The lowest BCUT2D eigenvalue weighted by molar-refractivity contribution is -0.137. The van der Waals surface area contributed by atoms with Crippen LogP contribution < -0.4 is 5.32 Å². The van der Waals surface area contributed by atoms with Crippen molar-refractivity contribution in [2.45, 2.75) is 47.1 Å². The third kappa shape index (κ3) is 6.47. The highest BCUT2D eigenvalue weighted by Crippen LogP contribution is 2.08. The molecule has 0 rings (SSSR count). The van der Waals surface area contributed by atoms with E-state index in [2.05, 4.69) is 19.2 Å². The van der Waals surface area contributed by atoms with Crippen LogP contribution in [0.15, 0.2) is 0 Å². The average molecular weight is 258 g/mol. The Labute approximate surface area is 110 Å². The number of carboxylic acids is 1. The zero-order valence-corrected chi connectivity index (χ0v) is 12.1. The zero-order valence-electron chi connectivity index (χ0n) is 12.1. The van der Waals surface area contributed by atoms with Crippen LogP contribution in [0.4, 0.5) is 4.79 Å². The second-order valence-electron chi connectivity index (χ2n) is 5.29. The number of amides is 2. The van der Waals surface area contributed by atoms with Gasteiger partial charge < -0.3 is 15.3 Å². The molecule has 0 aliphatic heterocycles. The first kappa shape index (κ1) is 16.7. The Kier molecular flexibility index (Phi) is 7.39. The number of carbonyl (C=O) groups excluding carboxylic acids is 1. The number of urea groups is 1. The fraction of sp³-hybridized carbons (Fsp3) is 0.846. The predicted molar refractivity (Wildman–Crippen MR) is 71.5 cm³/mol. The predicted octanol–water partition coefficient (Wildman–Crippen LogP) is 2.17. The Bertz CT molecular complexity index is 279. The lowest BCUT2D eigenvalue weighted by atomic mass is 10.0. The molecule has 2 N–H and O–H groups in total. The van der Waals surface area contributed by atoms with Crippen molar-refractivity contribution in [3.8, 4) is 0 Å². The summed E-state index contributed by atoms with van der Waals surface area (Å²) in [6, 6.07) is -0.246. The highest BCUT2D eigenvalue weighted by Gasteiger charge is 2.20. The van der Waals surface area contributed by atoms with E-state index >= 15 is 0 Å². The lowest BCUT2D eigenvalue weighted by Gasteiger charge is -2.27. The lowest BCUT2D eigenvalue weighted by Crippen LogP contribution is -2.48. The summed E-state index contributed by atoms with van der Waals surface area (Å²) in [5, 5.41) is 11.7. The number of aliphatic carboxylic acids is 1. The normalized spacial score (nSPS) is 14.1. The van der Waals surface area contributed by atoms with Crippen LogP contribution in [-0.2, 0) is 4.79 Å². The Morgan fingerprint density at radius 1 is 1.22 bits per heavy atom. The van der Waals surface area contributed by atoms with E-state index < -0.39 is 5.97 Å². The molecule has 5 nitrogen and oxygen atoms in total. The molecular formula is C13H26N2O3. The van der Waals surface area contributed by atoms with Crippen LogP contribution in [0.1, 0.15) is 41.0 Å². The maximum Gasteiger partial charge on any atom is 0.323 e. The van der Waals surface area contributed by atoms with Crippen molar-refractivity contribution < 1.29 is 14.7 Å². The van der Waals surface area contributed by atoms with Crippen molar-refractivity contribution in [2.24, 2.45) is 11.8 Å². The van der Waals surface area contributed by atoms with E-state index in [0.29, 0.717) is 12.5 Å². The van der Waals surface area contributed by atoms with Crippen LogP contribution in [0.5, 0.6) is 0 Å². The molecule has 0 spiro atoms. The molecule has 0 aliphatic carbocycles. The molecule has 18 heavy (non-hydrogen) atoms. The molecule has 2 amide bonds. The van der Waals surface area contributed by atoms with Gasteiger partial charge in [-0.1, -0.05) is 34.1 Å². The number of carbonyl (C=O) groups is 2. The van der Waals surface area contributed by atoms with Gasteiger partial charge in [0.05, 0.1) is 0 Å². The molecule has 0 saturated heterocycles. The van der Waals surface area contributed by atoms with Crippen LogP contribution in [0.3, 0.4) is 0 Å². The molecule has 0 aliphatic rings. The maximum atomic E-state index is 12.0. The van der Waals surface area contributed by atoms with Gasteiger partial charge in [0.25, 0.3) is 0 Å². The van der Waals surface area contributed by atoms with Crippen LogP contribution in [0, 0.1) is 11.8 Å². The smallest absolute Gasteiger partial charge is 0.323 e. The molecule has 0 fully saturated rings. The van der Waals surface area contributed by atoms with Crippen LogP contribution >= 0.6 is 0 Å². The molecule has 5 heteroatoms. The summed E-state index contributed by atoms with van der Waals surface area (Å²) in [6.45, 7) is 10.2. The molecule has 0 aromatic rings. The Morgan fingerprint density at radius 3 is 2.17 bits per heavy atom. The molecular weight excluding hydrogens is 232 g/mol. The number of carboxylic acid groups (broad SMARTS) is 1. The second-order valence-corrected chi connectivity index (χ2v) is 5.29. The van der Waals surface area contributed by atoms with Crippen LogP contribution in [-0.4, -0.2) is 41.1 Å². The second kappa shape index (κ2) is 7.95. The molecule has 2 atom stereocenters. The monoisotopic (exact) mass is 258 g/mol. The van der Waals surface area contributed by atoms with Crippen molar-refractivity contribution >= 4 is 12.0 Å². The van der Waals surface area contributed by atoms with E-state index in [1.807, 2.05) is 20.8 Å². The molecule has 0 heterocycles. The average Bonchev–Trinajstić information content (AvgIpc) is 2.25. The molecule has 0 aromatic heterocycles. The largest absolute Gasteiger partial charge is 0.480 e. The molecule has 2 unspecified atom stereocenters. The van der Waals surface area contributed by atoms with Crippen molar-refractivity contribution in [3.05, 3.63) is 0 Å². The Balaban J connectivity index is 4.50. The van der Waals surface area contributed by atoms with Gasteiger partial charge in [-0.25, -0.2) is 4.79 Å². The number of hydrogen-bond donors (Lipinski definition) is 2. The van der Waals surface area contributed by atoms with Crippen LogP contribution in [0.25, 0.3) is 0 Å². The van der Waals surface area contributed by atoms with E-state index in [-0.39, 0.29) is 24.5 Å². The summed E-state index contributed by atoms with van der Waals surface area (Å²) in [7, 11) is 0. The van der Waals surface area contributed by atoms with Crippen molar-refractivity contribution in [1.29, 1.82) is 0 Å². The quantitative estimate of drug-likeness (QED) is 0.735. The summed E-state index contributed by atoms with van der Waals surface area (Å²) in [6.07, 6.45) is 0.977. The first-order valence-electron chi connectivity index (χ1n) is 6.55. The molecule has 0 radical (unpaired) electrons. The minimum absolute atomic E-state index is 0.0472. The van der Waals surface area contributed by atoms with Gasteiger partial charge in [-0.3, -0.25) is 4.79 Å². The summed E-state index contributed by atoms with van der Waals surface area (Å²) in [5.41, 5.74) is 0. The first-order chi connectivity index (χ1) is 8.27. The first-order valence-corrected chi connectivity index (χ1v) is 6.55. The van der Waals surface area contributed by atoms with E-state index in [1.165, 1.54) is 4.90 Å². The van der Waals surface area contributed by atoms with Gasteiger partial charge in [-0.05, 0) is 18.8 Å². The summed E-state index contributed by atoms with van der Waals surface area (Å²) in [5.74, 6) is -0.365. The van der Waals surface area contributed by atoms with Gasteiger partial charge in [0, 0.05) is 12.6 Å². The highest BCUT2D eigenvalue weighted by atomic mass is 16.4. The minimum atomic E-state index is -0.984. The third-order valence-corrected chi connectivity index (χ3v) is 3.05. The van der Waals surface area contributed by atoms with Gasteiger partial charge in [0.15, 0.2) is 0 Å². The topological polar surface area (TPSA) is 69.6 Å². The van der Waals surface area contributed by atoms with Crippen molar-refractivity contribution in [1.82, 2.24) is 10.2 Å². The minimum Gasteiger partial charge on any atom is -0.480 e. The Morgan fingerprint density at radius 2 is 1.78 bits per heavy atom. The van der Waals surface area contributed by atoms with Gasteiger partial charge in [-0.15, -0.1) is 0 Å². The summed E-state index contributed by atoms with van der Waals surface area (Å²) < 4.78 is 0. The van der Waals surface area contributed by atoms with Crippen LogP contribution in [0.2, 0.25) is 0 Å². The van der Waals surface area contributed by atoms with Gasteiger partial charge in [0.2, 0.25) is 0 Å². The summed E-state index contributed by atoms with van der Waals surface area (Å²) in [4.78, 5) is 24.1. The van der Waals surface area contributed by atoms with E-state index in [1.54, 1.807) is 0 Å². The van der Waals surface area contributed by atoms with E-state index in [4.69, 9.17) is 5.11 Å². The standard InChI is InChI=1S/C13H26N2O3/c1-6-10(4)11(5)14-13(18)15(7-9(2)3)8-12(16)17/h9-11H,6-8H2,1-5H3,(H,14,18)(H,16,17). The zero-order chi connectivity index (χ0) is 14.3. The third-order valence-electron chi connectivity index (χ3n) is 3.05. The number of nitrogens with one attached hydrogen (secondary N) is 1. The molecule has 106 valence electrons. The number of nitrogens with zero attached hydrogens (tertiary/aromatic N) is 1. The van der Waals surface area contributed by atoms with E-state index in [9.17, 15) is 9.59 Å². The molecule has 0 saturated carbocycles. The SMILES string of the molecule is CCC(C)C(C)NC(=O)N(CC(=O)O)CC(C)C. The molecule has 0 bridgehead atoms. The van der Waals surface area contributed by atoms with Gasteiger partial charge in [0.1, 0.15) is 6.54 Å². The number of rotatable bonds is 7.